The third-order valence-electron chi connectivity index (χ3n) is 3.86. The van der Waals surface area contributed by atoms with Crippen LogP contribution in [0.15, 0.2) is 17.9 Å². The second-order valence-corrected chi connectivity index (χ2v) is 11.9. The second-order valence-electron chi connectivity index (χ2n) is 7.11. The van der Waals surface area contributed by atoms with Crippen molar-refractivity contribution in [2.75, 3.05) is 21.0 Å². The van der Waals surface area contributed by atoms with Crippen molar-refractivity contribution in [1.29, 1.82) is 0 Å². The Morgan fingerprint density at radius 3 is 2.42 bits per heavy atom. The van der Waals surface area contributed by atoms with Crippen LogP contribution in [0.4, 0.5) is 0 Å². The number of rotatable bonds is 5. The average Bonchev–Trinajstić information content (AvgIpc) is 2.56. The number of allylic oxidation sites excluding steroid dienone is 2. The summed E-state index contributed by atoms with van der Waals surface area (Å²) in [7, 11) is 1.35. The van der Waals surface area contributed by atoms with Gasteiger partial charge in [0.05, 0.1) is 12.7 Å². The SMILES string of the molecule is COCOc1c(CC#C[Si](C)(C)C)c(C)cc2c1C(=O)C(OC)=CC2=O. The lowest BCUT2D eigenvalue weighted by molar-refractivity contribution is 0.0493. The summed E-state index contributed by atoms with van der Waals surface area (Å²) >= 11 is 0. The van der Waals surface area contributed by atoms with Gasteiger partial charge >= 0.3 is 0 Å². The summed E-state index contributed by atoms with van der Waals surface area (Å²) in [4.78, 5) is 25.2. The number of carbonyl (C=O) groups is 2. The number of carbonyl (C=O) groups excluding carboxylic acids is 2. The fraction of sp³-hybridized carbons (Fsp3) is 0.400. The van der Waals surface area contributed by atoms with Gasteiger partial charge in [0.2, 0.25) is 5.78 Å². The molecule has 0 bridgehead atoms. The van der Waals surface area contributed by atoms with Crippen LogP contribution in [0.3, 0.4) is 0 Å². The minimum atomic E-state index is -1.52. The second kappa shape index (κ2) is 7.90. The van der Waals surface area contributed by atoms with Crippen molar-refractivity contribution >= 4 is 19.6 Å². The standard InChI is InChI=1S/C20H24O5Si/c1-13-10-15-16(21)11-17(24-3)19(22)18(15)20(25-12-23-2)14(13)8-7-9-26(4,5)6/h10-11H,8,12H2,1-6H3. The molecule has 0 fully saturated rings. The van der Waals surface area contributed by atoms with E-state index in [4.69, 9.17) is 14.2 Å². The van der Waals surface area contributed by atoms with Crippen molar-refractivity contribution in [3.63, 3.8) is 0 Å². The lowest BCUT2D eigenvalue weighted by atomic mass is 9.87. The molecule has 1 aromatic rings. The molecule has 0 unspecified atom stereocenters. The molecule has 1 aliphatic rings. The largest absolute Gasteiger partial charge is 0.492 e. The van der Waals surface area contributed by atoms with E-state index >= 15 is 0 Å². The number of benzene rings is 1. The van der Waals surface area contributed by atoms with Crippen LogP contribution in [0.2, 0.25) is 19.6 Å². The molecule has 26 heavy (non-hydrogen) atoms. The van der Waals surface area contributed by atoms with Gasteiger partial charge < -0.3 is 14.2 Å². The molecular formula is C20H24O5Si. The number of methoxy groups -OCH3 is 2. The van der Waals surface area contributed by atoms with Gasteiger partial charge in [0.1, 0.15) is 13.8 Å². The molecule has 138 valence electrons. The number of ketones is 2. The summed E-state index contributed by atoms with van der Waals surface area (Å²) in [5.74, 6) is 2.92. The lowest BCUT2D eigenvalue weighted by Gasteiger charge is -2.21. The molecule has 5 nitrogen and oxygen atoms in total. The molecule has 0 aliphatic heterocycles. The van der Waals surface area contributed by atoms with Gasteiger partial charge in [0.25, 0.3) is 0 Å². The highest BCUT2D eigenvalue weighted by molar-refractivity contribution is 6.83. The Morgan fingerprint density at radius 1 is 1.15 bits per heavy atom. The first-order chi connectivity index (χ1) is 12.2. The van der Waals surface area contributed by atoms with E-state index in [1.807, 2.05) is 6.92 Å². The third-order valence-corrected chi connectivity index (χ3v) is 4.78. The maximum absolute atomic E-state index is 12.8. The van der Waals surface area contributed by atoms with Crippen molar-refractivity contribution in [1.82, 2.24) is 0 Å². The molecule has 0 heterocycles. The van der Waals surface area contributed by atoms with Gasteiger partial charge in [-0.2, -0.15) is 0 Å². The summed E-state index contributed by atoms with van der Waals surface area (Å²) < 4.78 is 15.8. The monoisotopic (exact) mass is 372 g/mol. The lowest BCUT2D eigenvalue weighted by Crippen LogP contribution is -2.21. The van der Waals surface area contributed by atoms with E-state index in [9.17, 15) is 9.59 Å². The molecule has 2 rings (SSSR count). The van der Waals surface area contributed by atoms with Crippen LogP contribution in [0.1, 0.15) is 31.8 Å². The van der Waals surface area contributed by atoms with Crippen molar-refractivity contribution < 1.29 is 23.8 Å². The number of ether oxygens (including phenoxy) is 3. The fourth-order valence-electron chi connectivity index (χ4n) is 2.68. The molecule has 1 aliphatic carbocycles. The van der Waals surface area contributed by atoms with Crippen LogP contribution < -0.4 is 4.74 Å². The molecule has 1 aromatic carbocycles. The first-order valence-electron chi connectivity index (χ1n) is 8.32. The van der Waals surface area contributed by atoms with Gasteiger partial charge in [0.15, 0.2) is 18.3 Å². The summed E-state index contributed by atoms with van der Waals surface area (Å²) in [6.07, 6.45) is 1.66. The average molecular weight is 372 g/mol. The Labute approximate surface area is 155 Å². The van der Waals surface area contributed by atoms with Crippen molar-refractivity contribution in [3.05, 3.63) is 40.2 Å². The van der Waals surface area contributed by atoms with Crippen molar-refractivity contribution in [3.8, 4) is 17.2 Å². The van der Waals surface area contributed by atoms with E-state index < -0.39 is 8.07 Å². The molecule has 0 saturated heterocycles. The zero-order valence-corrected chi connectivity index (χ0v) is 17.1. The number of fused-ring (bicyclic) bond motifs is 1. The maximum atomic E-state index is 12.8. The molecule has 6 heteroatoms. The maximum Gasteiger partial charge on any atom is 0.232 e. The van der Waals surface area contributed by atoms with Gasteiger partial charge in [-0.15, -0.1) is 11.5 Å². The Bertz CT molecular complexity index is 834. The van der Waals surface area contributed by atoms with Crippen molar-refractivity contribution in [2.45, 2.75) is 33.0 Å². The zero-order valence-electron chi connectivity index (χ0n) is 16.1. The predicted octanol–water partition coefficient (Wildman–Crippen LogP) is 3.31. The highest BCUT2D eigenvalue weighted by Crippen LogP contribution is 2.35. The van der Waals surface area contributed by atoms with Crippen LogP contribution in [0.25, 0.3) is 0 Å². The smallest absolute Gasteiger partial charge is 0.232 e. The van der Waals surface area contributed by atoms with E-state index in [0.29, 0.717) is 17.7 Å². The quantitative estimate of drug-likeness (QED) is 0.451. The van der Waals surface area contributed by atoms with Gasteiger partial charge in [-0.05, 0) is 18.6 Å². The number of aryl methyl sites for hydroxylation is 1. The van der Waals surface area contributed by atoms with E-state index in [-0.39, 0.29) is 29.7 Å². The van der Waals surface area contributed by atoms with Crippen LogP contribution >= 0.6 is 0 Å². The molecule has 0 spiro atoms. The molecule has 0 aromatic heterocycles. The number of hydrogen-bond acceptors (Lipinski definition) is 5. The molecule has 0 saturated carbocycles. The van der Waals surface area contributed by atoms with Crippen LogP contribution in [0.5, 0.6) is 5.75 Å². The summed E-state index contributed by atoms with van der Waals surface area (Å²) in [6, 6.07) is 1.73. The normalized spacial score (nSPS) is 13.5. The highest BCUT2D eigenvalue weighted by atomic mass is 28.3. The Kier molecular flexibility index (Phi) is 6.06. The minimum absolute atomic E-state index is 0.00718. The number of hydrogen-bond donors (Lipinski definition) is 0. The van der Waals surface area contributed by atoms with Gasteiger partial charge in [-0.25, -0.2) is 0 Å². The van der Waals surface area contributed by atoms with Crippen LogP contribution in [-0.4, -0.2) is 40.7 Å². The molecule has 0 amide bonds. The van der Waals surface area contributed by atoms with Crippen molar-refractivity contribution in [2.24, 2.45) is 0 Å². The highest BCUT2D eigenvalue weighted by Gasteiger charge is 2.32. The molecule has 0 atom stereocenters. The summed E-state index contributed by atoms with van der Waals surface area (Å²) in [5, 5.41) is 0. The fourth-order valence-corrected chi connectivity index (χ4v) is 3.30. The van der Waals surface area contributed by atoms with Crippen LogP contribution in [-0.2, 0) is 15.9 Å². The van der Waals surface area contributed by atoms with Gasteiger partial charge in [0, 0.05) is 30.7 Å². The first kappa shape index (κ1) is 20.0. The topological polar surface area (TPSA) is 61.8 Å². The van der Waals surface area contributed by atoms with E-state index in [1.165, 1.54) is 20.3 Å². The molecular weight excluding hydrogens is 348 g/mol. The summed E-state index contributed by atoms with van der Waals surface area (Å²) in [5.41, 5.74) is 5.51. The Morgan fingerprint density at radius 2 is 1.85 bits per heavy atom. The molecule has 0 radical (unpaired) electrons. The minimum Gasteiger partial charge on any atom is -0.492 e. The van der Waals surface area contributed by atoms with E-state index in [0.717, 1.165) is 11.1 Å². The van der Waals surface area contributed by atoms with E-state index in [2.05, 4.69) is 31.1 Å². The molecule has 0 N–H and O–H groups in total. The predicted molar refractivity (Wildman–Crippen MR) is 102 cm³/mol. The third kappa shape index (κ3) is 4.24. The Balaban J connectivity index is 2.63. The van der Waals surface area contributed by atoms with Gasteiger partial charge in [-0.1, -0.05) is 19.6 Å². The van der Waals surface area contributed by atoms with Gasteiger partial charge in [-0.3, -0.25) is 9.59 Å². The van der Waals surface area contributed by atoms with Crippen LogP contribution in [0, 0.1) is 18.4 Å². The summed E-state index contributed by atoms with van der Waals surface area (Å²) in [6.45, 7) is 8.36. The zero-order chi connectivity index (χ0) is 19.5. The Hall–Kier alpha value is -2.36. The number of Topliss-reactive ketones (excluding diaryl/α,β-unsaturated/α-hetero) is 1. The van der Waals surface area contributed by atoms with E-state index in [1.54, 1.807) is 6.07 Å². The first-order valence-corrected chi connectivity index (χ1v) is 11.8.